The van der Waals surface area contributed by atoms with Gasteiger partial charge in [0.15, 0.2) is 0 Å². The molecule has 0 aliphatic carbocycles. The molecule has 2 unspecified atom stereocenters. The molecule has 1 N–H and O–H groups in total. The Balaban J connectivity index is 1.38. The van der Waals surface area contributed by atoms with Crippen molar-refractivity contribution >= 4 is 6.09 Å². The minimum absolute atomic E-state index is 0.0666. The van der Waals surface area contributed by atoms with Crippen molar-refractivity contribution in [2.75, 3.05) is 0 Å². The highest BCUT2D eigenvalue weighted by Crippen LogP contribution is 2.42. The van der Waals surface area contributed by atoms with Crippen LogP contribution in [0.15, 0.2) is 54.6 Å². The van der Waals surface area contributed by atoms with Gasteiger partial charge in [-0.3, -0.25) is 0 Å². The van der Waals surface area contributed by atoms with Crippen LogP contribution in [0, 0.1) is 0 Å². The Bertz CT molecular complexity index is 817. The lowest BCUT2D eigenvalue weighted by molar-refractivity contribution is -0.0485. The van der Waals surface area contributed by atoms with Gasteiger partial charge >= 0.3 is 6.09 Å². The molecule has 0 aromatic heterocycles. The molecule has 2 saturated heterocycles. The van der Waals surface area contributed by atoms with Crippen LogP contribution in [0.5, 0.6) is 0 Å². The number of aliphatic hydroxyl groups is 1. The lowest BCUT2D eigenvalue weighted by Gasteiger charge is -2.43. The van der Waals surface area contributed by atoms with Gasteiger partial charge in [-0.25, -0.2) is 4.79 Å². The van der Waals surface area contributed by atoms with Gasteiger partial charge in [0.05, 0.1) is 5.60 Å². The van der Waals surface area contributed by atoms with E-state index >= 15 is 0 Å². The molecular formula is C25H31NO3. The van der Waals surface area contributed by atoms with Gasteiger partial charge in [0.2, 0.25) is 0 Å². The molecule has 2 aliphatic rings. The minimum Gasteiger partial charge on any atom is -0.445 e. The van der Waals surface area contributed by atoms with Crippen molar-refractivity contribution < 1.29 is 14.6 Å². The predicted molar refractivity (Wildman–Crippen MR) is 114 cm³/mol. The average Bonchev–Trinajstić information content (AvgIpc) is 2.99. The van der Waals surface area contributed by atoms with Crippen LogP contribution in [0.2, 0.25) is 0 Å². The summed E-state index contributed by atoms with van der Waals surface area (Å²) in [6.45, 7) is 4.67. The number of ether oxygens (including phenoxy) is 1. The van der Waals surface area contributed by atoms with E-state index in [9.17, 15) is 9.90 Å². The van der Waals surface area contributed by atoms with E-state index < -0.39 is 5.60 Å². The Morgan fingerprint density at radius 2 is 1.66 bits per heavy atom. The fraction of sp³-hybridized carbons (Fsp3) is 0.480. The minimum atomic E-state index is -0.749. The maximum absolute atomic E-state index is 12.7. The zero-order chi connectivity index (χ0) is 20.4. The van der Waals surface area contributed by atoms with Crippen molar-refractivity contribution in [3.05, 3.63) is 71.3 Å². The molecular weight excluding hydrogens is 362 g/mol. The van der Waals surface area contributed by atoms with E-state index in [1.807, 2.05) is 35.2 Å². The summed E-state index contributed by atoms with van der Waals surface area (Å²) in [5.41, 5.74) is 2.72. The molecule has 2 aliphatic heterocycles. The van der Waals surface area contributed by atoms with Gasteiger partial charge in [-0.2, -0.15) is 0 Å². The second-order valence-corrected chi connectivity index (χ2v) is 9.04. The smallest absolute Gasteiger partial charge is 0.410 e. The molecule has 0 spiro atoms. The summed E-state index contributed by atoms with van der Waals surface area (Å²) in [5.74, 6) is 0.508. The third kappa shape index (κ3) is 4.48. The van der Waals surface area contributed by atoms with Gasteiger partial charge in [-0.05, 0) is 48.3 Å². The van der Waals surface area contributed by atoms with Crippen molar-refractivity contribution in [1.29, 1.82) is 0 Å². The van der Waals surface area contributed by atoms with Gasteiger partial charge in [0.1, 0.15) is 6.61 Å². The van der Waals surface area contributed by atoms with Gasteiger partial charge in [0.25, 0.3) is 0 Å². The highest BCUT2D eigenvalue weighted by atomic mass is 16.6. The van der Waals surface area contributed by atoms with Crippen LogP contribution >= 0.6 is 0 Å². The topological polar surface area (TPSA) is 49.8 Å². The zero-order valence-corrected chi connectivity index (χ0v) is 17.4. The maximum atomic E-state index is 12.7. The molecule has 1 amide bonds. The van der Waals surface area contributed by atoms with Gasteiger partial charge in [-0.15, -0.1) is 0 Å². The van der Waals surface area contributed by atoms with Crippen molar-refractivity contribution in [3.63, 3.8) is 0 Å². The summed E-state index contributed by atoms with van der Waals surface area (Å²) in [6, 6.07) is 18.5. The van der Waals surface area contributed by atoms with E-state index in [2.05, 4.69) is 38.1 Å². The summed E-state index contributed by atoms with van der Waals surface area (Å²) >= 11 is 0. The molecule has 154 valence electrons. The van der Waals surface area contributed by atoms with Crippen LogP contribution in [-0.2, 0) is 17.8 Å². The number of carbonyl (C=O) groups excluding carboxylic acids is 1. The lowest BCUT2D eigenvalue weighted by Crippen LogP contribution is -2.54. The number of carbonyl (C=O) groups is 1. The van der Waals surface area contributed by atoms with E-state index in [4.69, 9.17) is 4.74 Å². The van der Waals surface area contributed by atoms with Crippen molar-refractivity contribution in [1.82, 2.24) is 4.90 Å². The number of rotatable bonds is 5. The highest BCUT2D eigenvalue weighted by molar-refractivity contribution is 5.69. The standard InChI is InChI=1S/C25H31NO3/c1-18(2)21-10-8-19(9-11-21)14-25(28)15-22-12-13-23(16-25)26(22)24(27)29-17-20-6-4-3-5-7-20/h3-11,18,22-23,28H,12-17H2,1-2H3. The van der Waals surface area contributed by atoms with Gasteiger partial charge < -0.3 is 14.7 Å². The number of hydrogen-bond acceptors (Lipinski definition) is 3. The van der Waals surface area contributed by atoms with E-state index in [0.717, 1.165) is 24.0 Å². The summed E-state index contributed by atoms with van der Waals surface area (Å²) in [4.78, 5) is 14.6. The molecule has 2 bridgehead atoms. The SMILES string of the molecule is CC(C)c1ccc(CC2(O)CC3CCC(C2)N3C(=O)OCc2ccccc2)cc1. The molecule has 4 heteroatoms. The fourth-order valence-electron chi connectivity index (χ4n) is 4.96. The lowest BCUT2D eigenvalue weighted by atomic mass is 9.81. The molecule has 0 saturated carbocycles. The first-order valence-electron chi connectivity index (χ1n) is 10.7. The molecule has 29 heavy (non-hydrogen) atoms. The normalized spacial score (nSPS) is 26.0. The second-order valence-electron chi connectivity index (χ2n) is 9.04. The largest absolute Gasteiger partial charge is 0.445 e. The Labute approximate surface area is 173 Å². The molecule has 2 fully saturated rings. The van der Waals surface area contributed by atoms with Crippen LogP contribution in [0.1, 0.15) is 62.1 Å². The Hall–Kier alpha value is -2.33. The van der Waals surface area contributed by atoms with E-state index in [1.165, 1.54) is 5.56 Å². The fourth-order valence-corrected chi connectivity index (χ4v) is 4.96. The van der Waals surface area contributed by atoms with E-state index in [-0.39, 0.29) is 18.2 Å². The van der Waals surface area contributed by atoms with Crippen molar-refractivity contribution in [3.8, 4) is 0 Å². The zero-order valence-electron chi connectivity index (χ0n) is 17.4. The number of nitrogens with zero attached hydrogens (tertiary/aromatic N) is 1. The molecule has 2 aromatic carbocycles. The molecule has 4 rings (SSSR count). The van der Waals surface area contributed by atoms with Crippen LogP contribution in [-0.4, -0.2) is 33.8 Å². The molecule has 0 radical (unpaired) electrons. The van der Waals surface area contributed by atoms with E-state index in [1.54, 1.807) is 0 Å². The number of amides is 1. The van der Waals surface area contributed by atoms with Crippen molar-refractivity contribution in [2.24, 2.45) is 0 Å². The first-order chi connectivity index (χ1) is 13.9. The average molecular weight is 394 g/mol. The monoisotopic (exact) mass is 393 g/mol. The van der Waals surface area contributed by atoms with Crippen molar-refractivity contribution in [2.45, 2.75) is 76.2 Å². The highest BCUT2D eigenvalue weighted by Gasteiger charge is 2.49. The quantitative estimate of drug-likeness (QED) is 0.774. The Kier molecular flexibility index (Phi) is 5.64. The summed E-state index contributed by atoms with van der Waals surface area (Å²) < 4.78 is 5.58. The van der Waals surface area contributed by atoms with Crippen LogP contribution in [0.25, 0.3) is 0 Å². The Morgan fingerprint density at radius 3 is 2.24 bits per heavy atom. The maximum Gasteiger partial charge on any atom is 0.410 e. The Morgan fingerprint density at radius 1 is 1.03 bits per heavy atom. The molecule has 2 heterocycles. The first-order valence-corrected chi connectivity index (χ1v) is 10.7. The number of piperidine rings is 1. The third-order valence-electron chi connectivity index (χ3n) is 6.45. The molecule has 2 atom stereocenters. The third-order valence-corrected chi connectivity index (χ3v) is 6.45. The summed E-state index contributed by atoms with van der Waals surface area (Å²) in [6.07, 6.45) is 3.53. The van der Waals surface area contributed by atoms with Crippen LogP contribution in [0.4, 0.5) is 4.79 Å². The number of benzene rings is 2. The van der Waals surface area contributed by atoms with Crippen LogP contribution < -0.4 is 0 Å². The predicted octanol–water partition coefficient (Wildman–Crippen LogP) is 5.05. The summed E-state index contributed by atoms with van der Waals surface area (Å²) in [5, 5.41) is 11.3. The first kappa shape index (κ1) is 20.0. The molecule has 4 nitrogen and oxygen atoms in total. The van der Waals surface area contributed by atoms with Gasteiger partial charge in [-0.1, -0.05) is 68.4 Å². The summed E-state index contributed by atoms with van der Waals surface area (Å²) in [7, 11) is 0. The number of fused-ring (bicyclic) bond motifs is 2. The van der Waals surface area contributed by atoms with Crippen LogP contribution in [0.3, 0.4) is 0 Å². The van der Waals surface area contributed by atoms with E-state index in [0.29, 0.717) is 31.8 Å². The molecule has 2 aromatic rings. The van der Waals surface area contributed by atoms with Gasteiger partial charge in [0, 0.05) is 18.5 Å². The number of hydrogen-bond donors (Lipinski definition) is 1. The second kappa shape index (κ2) is 8.19.